The molecule has 1 saturated heterocycles. The van der Waals surface area contributed by atoms with Gasteiger partial charge >= 0.3 is 0 Å². The molecule has 3 nitrogen and oxygen atoms in total. The summed E-state index contributed by atoms with van der Waals surface area (Å²) in [7, 11) is 0. The van der Waals surface area contributed by atoms with Crippen LogP contribution in [0.1, 0.15) is 32.6 Å². The quantitative estimate of drug-likeness (QED) is 0.676. The number of nitrogens with zero attached hydrogens (tertiary/aromatic N) is 1. The second-order valence-electron chi connectivity index (χ2n) is 5.59. The molecule has 0 radical (unpaired) electrons. The molecule has 1 heterocycles. The number of amides is 1. The summed E-state index contributed by atoms with van der Waals surface area (Å²) < 4.78 is 5.39. The second-order valence-corrected chi connectivity index (χ2v) is 5.59. The third kappa shape index (κ3) is 1.65. The molecule has 3 atom stereocenters. The first-order chi connectivity index (χ1) is 7.79. The number of carbonyl (C=O) groups excluding carboxylic acids is 1. The predicted molar refractivity (Wildman–Crippen MR) is 60.9 cm³/mol. The van der Waals surface area contributed by atoms with Crippen LogP contribution in [0, 0.1) is 17.8 Å². The van der Waals surface area contributed by atoms with E-state index in [1.54, 1.807) is 0 Å². The zero-order chi connectivity index (χ0) is 11.1. The van der Waals surface area contributed by atoms with Crippen LogP contribution in [0.15, 0.2) is 0 Å². The van der Waals surface area contributed by atoms with Gasteiger partial charge in [0.05, 0.1) is 19.3 Å². The Hall–Kier alpha value is -0.570. The van der Waals surface area contributed by atoms with Gasteiger partial charge in [0.15, 0.2) is 0 Å². The molecule has 3 fully saturated rings. The third-order valence-corrected chi connectivity index (χ3v) is 4.59. The number of fused-ring (bicyclic) bond motifs is 1. The first-order valence-electron chi connectivity index (χ1n) is 6.67. The molecule has 16 heavy (non-hydrogen) atoms. The van der Waals surface area contributed by atoms with Crippen LogP contribution in [-0.4, -0.2) is 36.6 Å². The van der Waals surface area contributed by atoms with Gasteiger partial charge in [0, 0.05) is 12.5 Å². The Morgan fingerprint density at radius 1 is 1.25 bits per heavy atom. The normalized spacial score (nSPS) is 42.7. The lowest BCUT2D eigenvalue weighted by atomic mass is 10.0. The zero-order valence-corrected chi connectivity index (χ0v) is 10.0. The van der Waals surface area contributed by atoms with Crippen LogP contribution in [0.2, 0.25) is 0 Å². The van der Waals surface area contributed by atoms with Gasteiger partial charge in [-0.05, 0) is 31.6 Å². The maximum atomic E-state index is 12.4. The van der Waals surface area contributed by atoms with Crippen LogP contribution < -0.4 is 0 Å². The van der Waals surface area contributed by atoms with Crippen molar-refractivity contribution < 1.29 is 9.53 Å². The summed E-state index contributed by atoms with van der Waals surface area (Å²) in [5.41, 5.74) is 0. The molecule has 2 saturated carbocycles. The van der Waals surface area contributed by atoms with Crippen molar-refractivity contribution in [3.8, 4) is 0 Å². The van der Waals surface area contributed by atoms with E-state index < -0.39 is 0 Å². The van der Waals surface area contributed by atoms with E-state index in [0.717, 1.165) is 25.0 Å². The molecule has 0 aromatic rings. The molecule has 90 valence electrons. The van der Waals surface area contributed by atoms with Crippen LogP contribution in [0.5, 0.6) is 0 Å². The molecule has 3 unspecified atom stereocenters. The van der Waals surface area contributed by atoms with Gasteiger partial charge in [-0.3, -0.25) is 4.79 Å². The molecule has 0 spiro atoms. The summed E-state index contributed by atoms with van der Waals surface area (Å²) >= 11 is 0. The Kier molecular flexibility index (Phi) is 2.66. The summed E-state index contributed by atoms with van der Waals surface area (Å²) in [4.78, 5) is 14.5. The smallest absolute Gasteiger partial charge is 0.226 e. The summed E-state index contributed by atoms with van der Waals surface area (Å²) in [5.74, 6) is 2.27. The van der Waals surface area contributed by atoms with E-state index in [1.165, 1.54) is 25.7 Å². The van der Waals surface area contributed by atoms with Gasteiger partial charge in [-0.1, -0.05) is 12.8 Å². The predicted octanol–water partition coefficient (Wildman–Crippen LogP) is 1.67. The molecule has 2 aliphatic carbocycles. The van der Waals surface area contributed by atoms with Gasteiger partial charge in [-0.2, -0.15) is 0 Å². The third-order valence-electron chi connectivity index (χ3n) is 4.59. The molecule has 0 aromatic carbocycles. The molecular formula is C13H21NO2. The number of hydrogen-bond donors (Lipinski definition) is 0. The maximum absolute atomic E-state index is 12.4. The van der Waals surface area contributed by atoms with Crippen molar-refractivity contribution in [2.75, 3.05) is 19.8 Å². The molecular weight excluding hydrogens is 202 g/mol. The van der Waals surface area contributed by atoms with Gasteiger partial charge in [0.25, 0.3) is 0 Å². The summed E-state index contributed by atoms with van der Waals surface area (Å²) in [6.45, 7) is 4.34. The average molecular weight is 223 g/mol. The Morgan fingerprint density at radius 3 is 2.56 bits per heavy atom. The summed E-state index contributed by atoms with van der Waals surface area (Å²) in [5, 5.41) is 0. The maximum Gasteiger partial charge on any atom is 0.226 e. The Balaban J connectivity index is 1.64. The van der Waals surface area contributed by atoms with Gasteiger partial charge in [-0.25, -0.2) is 0 Å². The number of rotatable bonds is 1. The lowest BCUT2D eigenvalue weighted by molar-refractivity contribution is -0.141. The lowest BCUT2D eigenvalue weighted by Crippen LogP contribution is -2.48. The van der Waals surface area contributed by atoms with Crippen LogP contribution in [0.25, 0.3) is 0 Å². The topological polar surface area (TPSA) is 29.5 Å². The van der Waals surface area contributed by atoms with E-state index in [2.05, 4.69) is 11.8 Å². The Labute approximate surface area is 97.1 Å². The fourth-order valence-corrected chi connectivity index (χ4v) is 3.60. The number of morpholine rings is 1. The van der Waals surface area contributed by atoms with Gasteiger partial charge in [-0.15, -0.1) is 0 Å². The van der Waals surface area contributed by atoms with Crippen molar-refractivity contribution in [2.24, 2.45) is 17.8 Å². The molecule has 1 amide bonds. The van der Waals surface area contributed by atoms with Crippen LogP contribution in [-0.2, 0) is 9.53 Å². The molecule has 3 heteroatoms. The minimum Gasteiger partial charge on any atom is -0.377 e. The van der Waals surface area contributed by atoms with E-state index in [1.807, 2.05) is 0 Å². The standard InChI is InChI=1S/C13H21NO2/c1-9-8-16-7-6-14(9)13(15)12-10-4-2-3-5-11(10)12/h9-12H,2-8H2,1H3. The van der Waals surface area contributed by atoms with Gasteiger partial charge < -0.3 is 9.64 Å². The molecule has 0 aromatic heterocycles. The minimum absolute atomic E-state index is 0.281. The number of ether oxygens (including phenoxy) is 1. The highest BCUT2D eigenvalue weighted by Gasteiger charge is 2.56. The molecule has 3 aliphatic rings. The van der Waals surface area contributed by atoms with Crippen LogP contribution >= 0.6 is 0 Å². The largest absolute Gasteiger partial charge is 0.377 e. The Bertz CT molecular complexity index is 280. The highest BCUT2D eigenvalue weighted by atomic mass is 16.5. The van der Waals surface area contributed by atoms with Gasteiger partial charge in [0.1, 0.15) is 0 Å². The van der Waals surface area contributed by atoms with Gasteiger partial charge in [0.2, 0.25) is 5.91 Å². The number of carbonyl (C=O) groups is 1. The average Bonchev–Trinajstić information content (AvgIpc) is 3.03. The van der Waals surface area contributed by atoms with E-state index in [4.69, 9.17) is 4.74 Å². The highest BCUT2D eigenvalue weighted by Crippen LogP contribution is 2.56. The first-order valence-corrected chi connectivity index (χ1v) is 6.67. The SMILES string of the molecule is CC1COCCN1C(=O)C1C2CCCCC21. The van der Waals surface area contributed by atoms with E-state index in [-0.39, 0.29) is 6.04 Å². The van der Waals surface area contributed by atoms with Crippen molar-refractivity contribution >= 4 is 5.91 Å². The Morgan fingerprint density at radius 2 is 1.94 bits per heavy atom. The van der Waals surface area contributed by atoms with E-state index >= 15 is 0 Å². The van der Waals surface area contributed by atoms with Crippen LogP contribution in [0.4, 0.5) is 0 Å². The summed E-state index contributed by atoms with van der Waals surface area (Å²) in [6, 6.07) is 0.281. The van der Waals surface area contributed by atoms with Crippen molar-refractivity contribution in [2.45, 2.75) is 38.6 Å². The van der Waals surface area contributed by atoms with Crippen LogP contribution in [0.3, 0.4) is 0 Å². The zero-order valence-electron chi connectivity index (χ0n) is 10.0. The fraction of sp³-hybridized carbons (Fsp3) is 0.923. The van der Waals surface area contributed by atoms with E-state index in [9.17, 15) is 4.79 Å². The van der Waals surface area contributed by atoms with E-state index in [0.29, 0.717) is 18.4 Å². The fourth-order valence-electron chi connectivity index (χ4n) is 3.60. The molecule has 0 bridgehead atoms. The lowest BCUT2D eigenvalue weighted by Gasteiger charge is -2.33. The number of hydrogen-bond acceptors (Lipinski definition) is 2. The second kappa shape index (κ2) is 4.02. The van der Waals surface area contributed by atoms with Crippen molar-refractivity contribution in [1.29, 1.82) is 0 Å². The molecule has 3 rings (SSSR count). The molecule has 0 N–H and O–H groups in total. The monoisotopic (exact) mass is 223 g/mol. The highest BCUT2D eigenvalue weighted by molar-refractivity contribution is 5.82. The summed E-state index contributed by atoms with van der Waals surface area (Å²) in [6.07, 6.45) is 5.26. The van der Waals surface area contributed by atoms with Crippen molar-refractivity contribution in [1.82, 2.24) is 4.90 Å². The molecule has 1 aliphatic heterocycles. The van der Waals surface area contributed by atoms with Crippen molar-refractivity contribution in [3.63, 3.8) is 0 Å². The van der Waals surface area contributed by atoms with Crippen molar-refractivity contribution in [3.05, 3.63) is 0 Å². The first kappa shape index (κ1) is 10.6. The minimum atomic E-state index is 0.281.